The predicted molar refractivity (Wildman–Crippen MR) is 118 cm³/mol. The number of benzene rings is 1. The zero-order valence-electron chi connectivity index (χ0n) is 17.4. The highest BCUT2D eigenvalue weighted by Crippen LogP contribution is 2.73. The summed E-state index contributed by atoms with van der Waals surface area (Å²) in [7, 11) is 0. The van der Waals surface area contributed by atoms with Crippen molar-refractivity contribution in [2.24, 2.45) is 28.9 Å². The lowest BCUT2D eigenvalue weighted by molar-refractivity contribution is -0.134. The number of alkyl halides is 1. The van der Waals surface area contributed by atoms with Gasteiger partial charge in [0.05, 0.1) is 5.41 Å². The molecule has 0 radical (unpaired) electrons. The highest BCUT2D eigenvalue weighted by Gasteiger charge is 2.70. The van der Waals surface area contributed by atoms with Crippen molar-refractivity contribution in [3.63, 3.8) is 0 Å². The summed E-state index contributed by atoms with van der Waals surface area (Å²) < 4.78 is 0. The summed E-state index contributed by atoms with van der Waals surface area (Å²) in [6.07, 6.45) is 11.0. The fourth-order valence-electron chi connectivity index (χ4n) is 7.85. The predicted octanol–water partition coefficient (Wildman–Crippen LogP) is 4.77. The lowest BCUT2D eigenvalue weighted by Crippen LogP contribution is -2.49. The van der Waals surface area contributed by atoms with Gasteiger partial charge in [-0.2, -0.15) is 0 Å². The molecule has 0 spiro atoms. The van der Waals surface area contributed by atoms with Gasteiger partial charge in [0.2, 0.25) is 5.91 Å². The standard InChI is InChI=1S/C25H35ClN2O/c26-12-4-7-21-17-13-24(18-5-2-1-3-6-18)15-22(21)25(14-17,16-24)23(29)28-20-10-8-19(27)9-11-20/h1-3,5-6,17,19-22H,4,7-16,27H2,(H,28,29). The van der Waals surface area contributed by atoms with Crippen molar-refractivity contribution in [1.29, 1.82) is 0 Å². The normalized spacial score (nSPS) is 42.9. The van der Waals surface area contributed by atoms with Crippen LogP contribution in [-0.2, 0) is 10.2 Å². The van der Waals surface area contributed by atoms with Crippen LogP contribution in [0.2, 0.25) is 0 Å². The summed E-state index contributed by atoms with van der Waals surface area (Å²) in [6, 6.07) is 11.7. The molecule has 1 aromatic rings. The first kappa shape index (κ1) is 19.9. The average molecular weight is 415 g/mol. The number of halogens is 1. The molecule has 5 aliphatic rings. The minimum absolute atomic E-state index is 0.157. The summed E-state index contributed by atoms with van der Waals surface area (Å²) in [5.74, 6) is 2.98. The molecule has 1 amide bonds. The largest absolute Gasteiger partial charge is 0.353 e. The fraction of sp³-hybridized carbons (Fsp3) is 0.720. The first-order chi connectivity index (χ1) is 14.1. The van der Waals surface area contributed by atoms with Crippen LogP contribution in [0.3, 0.4) is 0 Å². The van der Waals surface area contributed by atoms with E-state index in [1.54, 1.807) is 0 Å². The van der Waals surface area contributed by atoms with Gasteiger partial charge in [0.15, 0.2) is 0 Å². The number of hydrogen-bond donors (Lipinski definition) is 2. The van der Waals surface area contributed by atoms with Crippen molar-refractivity contribution >= 4 is 17.5 Å². The highest BCUT2D eigenvalue weighted by molar-refractivity contribution is 6.17. The van der Waals surface area contributed by atoms with E-state index < -0.39 is 0 Å². The molecule has 5 unspecified atom stereocenters. The van der Waals surface area contributed by atoms with Crippen LogP contribution in [0.25, 0.3) is 0 Å². The number of amides is 1. The molecule has 6 rings (SSSR count). The van der Waals surface area contributed by atoms with E-state index in [2.05, 4.69) is 35.6 Å². The molecule has 3 nitrogen and oxygen atoms in total. The number of hydrogen-bond acceptors (Lipinski definition) is 2. The van der Waals surface area contributed by atoms with Gasteiger partial charge in [-0.1, -0.05) is 30.3 Å². The minimum Gasteiger partial charge on any atom is -0.353 e. The SMILES string of the molecule is NC1CCC(NC(=O)C23CC4CC(c5ccccc5)(CC2C4CCCCl)C3)CC1. The number of nitrogens with one attached hydrogen (secondary N) is 1. The quantitative estimate of drug-likeness (QED) is 0.659. The van der Waals surface area contributed by atoms with E-state index in [9.17, 15) is 4.79 Å². The maximum absolute atomic E-state index is 13.8. The Kier molecular flexibility index (Phi) is 5.19. The van der Waals surface area contributed by atoms with Gasteiger partial charge in [-0.15, -0.1) is 11.6 Å². The molecule has 1 aromatic carbocycles. The molecule has 5 fully saturated rings. The second kappa shape index (κ2) is 7.57. The Morgan fingerprint density at radius 2 is 1.86 bits per heavy atom. The molecule has 5 saturated carbocycles. The van der Waals surface area contributed by atoms with E-state index in [0.717, 1.165) is 50.8 Å². The smallest absolute Gasteiger partial charge is 0.226 e. The molecule has 0 aromatic heterocycles. The van der Waals surface area contributed by atoms with Crippen LogP contribution in [0.15, 0.2) is 30.3 Å². The maximum atomic E-state index is 13.8. The van der Waals surface area contributed by atoms with Gasteiger partial charge < -0.3 is 11.1 Å². The monoisotopic (exact) mass is 414 g/mol. The van der Waals surface area contributed by atoms with Gasteiger partial charge in [0.25, 0.3) is 0 Å². The Labute approximate surface area is 180 Å². The van der Waals surface area contributed by atoms with Crippen LogP contribution in [0, 0.1) is 23.2 Å². The molecule has 29 heavy (non-hydrogen) atoms. The summed E-state index contributed by atoms with van der Waals surface area (Å²) in [6.45, 7) is 0. The minimum atomic E-state index is -0.157. The van der Waals surface area contributed by atoms with E-state index in [-0.39, 0.29) is 10.8 Å². The van der Waals surface area contributed by atoms with Crippen LogP contribution in [0.4, 0.5) is 0 Å². The number of carbonyl (C=O) groups excluding carboxylic acids is 1. The van der Waals surface area contributed by atoms with Crippen molar-refractivity contribution < 1.29 is 4.79 Å². The molecule has 0 saturated heterocycles. The van der Waals surface area contributed by atoms with Gasteiger partial charge in [0.1, 0.15) is 0 Å². The summed E-state index contributed by atoms with van der Waals surface area (Å²) in [4.78, 5) is 13.8. The van der Waals surface area contributed by atoms with Crippen molar-refractivity contribution in [2.75, 3.05) is 5.88 Å². The third-order valence-electron chi connectivity index (χ3n) is 8.99. The van der Waals surface area contributed by atoms with Gasteiger partial charge in [-0.25, -0.2) is 0 Å². The molecule has 5 atom stereocenters. The molecule has 0 aliphatic heterocycles. The maximum Gasteiger partial charge on any atom is 0.226 e. The molecule has 4 heteroatoms. The van der Waals surface area contributed by atoms with E-state index in [1.165, 1.54) is 24.8 Å². The Hall–Kier alpha value is -1.06. The topological polar surface area (TPSA) is 55.1 Å². The van der Waals surface area contributed by atoms with Gasteiger partial charge >= 0.3 is 0 Å². The van der Waals surface area contributed by atoms with Crippen LogP contribution < -0.4 is 11.1 Å². The summed E-state index contributed by atoms with van der Waals surface area (Å²) in [5, 5.41) is 3.51. The van der Waals surface area contributed by atoms with Crippen LogP contribution in [0.1, 0.15) is 69.8 Å². The summed E-state index contributed by atoms with van der Waals surface area (Å²) in [5.41, 5.74) is 7.59. The van der Waals surface area contributed by atoms with Crippen molar-refractivity contribution in [1.82, 2.24) is 5.32 Å². The molecule has 158 valence electrons. The molecule has 5 aliphatic carbocycles. The average Bonchev–Trinajstić information content (AvgIpc) is 3.11. The van der Waals surface area contributed by atoms with E-state index in [0.29, 0.717) is 35.7 Å². The lowest BCUT2D eigenvalue weighted by atomic mass is 9.61. The van der Waals surface area contributed by atoms with Crippen molar-refractivity contribution in [2.45, 2.75) is 81.7 Å². The highest BCUT2D eigenvalue weighted by atomic mass is 35.5. The first-order valence-electron chi connectivity index (χ1n) is 11.7. The molecule has 4 bridgehead atoms. The Morgan fingerprint density at radius 3 is 2.59 bits per heavy atom. The molecular weight excluding hydrogens is 380 g/mol. The molecular formula is C25H35ClN2O. The Morgan fingerprint density at radius 1 is 1.10 bits per heavy atom. The zero-order valence-corrected chi connectivity index (χ0v) is 18.2. The van der Waals surface area contributed by atoms with Crippen LogP contribution in [0.5, 0.6) is 0 Å². The van der Waals surface area contributed by atoms with Crippen LogP contribution in [-0.4, -0.2) is 23.9 Å². The zero-order chi connectivity index (χ0) is 20.1. The van der Waals surface area contributed by atoms with Gasteiger partial charge in [-0.3, -0.25) is 4.79 Å². The van der Waals surface area contributed by atoms with Gasteiger partial charge in [0, 0.05) is 18.0 Å². The van der Waals surface area contributed by atoms with Crippen molar-refractivity contribution in [3.8, 4) is 0 Å². The van der Waals surface area contributed by atoms with Crippen LogP contribution >= 0.6 is 11.6 Å². The summed E-state index contributed by atoms with van der Waals surface area (Å²) >= 11 is 6.05. The first-order valence-corrected chi connectivity index (χ1v) is 12.3. The lowest BCUT2D eigenvalue weighted by Gasteiger charge is -2.43. The fourth-order valence-corrected chi connectivity index (χ4v) is 8.00. The number of nitrogens with two attached hydrogens (primary N) is 1. The number of carbonyl (C=O) groups is 1. The second-order valence-electron chi connectivity index (χ2n) is 10.5. The Balaban J connectivity index is 1.41. The second-order valence-corrected chi connectivity index (χ2v) is 10.9. The van der Waals surface area contributed by atoms with E-state index >= 15 is 0 Å². The van der Waals surface area contributed by atoms with E-state index in [1.807, 2.05) is 0 Å². The molecule has 0 heterocycles. The third-order valence-corrected chi connectivity index (χ3v) is 9.26. The van der Waals surface area contributed by atoms with E-state index in [4.69, 9.17) is 17.3 Å². The van der Waals surface area contributed by atoms with Crippen molar-refractivity contribution in [3.05, 3.63) is 35.9 Å². The number of rotatable bonds is 6. The molecule has 3 N–H and O–H groups in total. The van der Waals surface area contributed by atoms with Gasteiger partial charge in [-0.05, 0) is 92.9 Å². The Bertz CT molecular complexity index is 746. The third kappa shape index (κ3) is 3.24.